The molecule has 0 aliphatic carbocycles. The molecule has 0 bridgehead atoms. The average molecular weight is 262 g/mol. The van der Waals surface area contributed by atoms with Gasteiger partial charge in [-0.25, -0.2) is 0 Å². The van der Waals surface area contributed by atoms with E-state index in [1.54, 1.807) is 31.2 Å². The lowest BCUT2D eigenvalue weighted by molar-refractivity contribution is -0.111. The summed E-state index contributed by atoms with van der Waals surface area (Å²) in [5.41, 5.74) is 1.83. The van der Waals surface area contributed by atoms with Gasteiger partial charge < -0.3 is 20.3 Å². The highest BCUT2D eigenvalue weighted by Gasteiger charge is 2.16. The molecular formula is C13H19BN2O3. The zero-order valence-corrected chi connectivity index (χ0v) is 11.4. The van der Waals surface area contributed by atoms with Gasteiger partial charge in [0.15, 0.2) is 0 Å². The normalized spacial score (nSPS) is 11.1. The Bertz CT molecular complexity index is 473. The van der Waals surface area contributed by atoms with Crippen LogP contribution >= 0.6 is 0 Å². The third kappa shape index (κ3) is 4.86. The summed E-state index contributed by atoms with van der Waals surface area (Å²) in [5, 5.41) is 21.3. The standard InChI is InChI=1S/C13H19BN2O3/c1-4-5-13(17)15-11-6-7-12(14(18)19)10(8-11)9-16(2)3/h4-8,18-19H,9H2,1-3H3,(H,15,17). The summed E-state index contributed by atoms with van der Waals surface area (Å²) in [5.74, 6) is -0.212. The Labute approximate surface area is 113 Å². The van der Waals surface area contributed by atoms with Crippen molar-refractivity contribution in [2.45, 2.75) is 13.5 Å². The minimum absolute atomic E-state index is 0.212. The van der Waals surface area contributed by atoms with Crippen LogP contribution in [0.2, 0.25) is 0 Å². The smallest absolute Gasteiger partial charge is 0.423 e. The van der Waals surface area contributed by atoms with Gasteiger partial charge in [0, 0.05) is 12.2 Å². The predicted octanol–water partition coefficient (Wildman–Crippen LogP) is -0.0574. The van der Waals surface area contributed by atoms with Gasteiger partial charge in [0.2, 0.25) is 5.91 Å². The lowest BCUT2D eigenvalue weighted by Crippen LogP contribution is -2.34. The van der Waals surface area contributed by atoms with Crippen molar-refractivity contribution < 1.29 is 14.8 Å². The second-order valence-electron chi connectivity index (χ2n) is 4.51. The Morgan fingerprint density at radius 2 is 2.11 bits per heavy atom. The molecule has 5 nitrogen and oxygen atoms in total. The highest BCUT2D eigenvalue weighted by Crippen LogP contribution is 2.11. The SMILES string of the molecule is CC=CC(=O)Nc1ccc(B(O)O)c(CN(C)C)c1. The summed E-state index contributed by atoms with van der Waals surface area (Å²) in [6, 6.07) is 5.00. The number of allylic oxidation sites excluding steroid dienone is 1. The van der Waals surface area contributed by atoms with Crippen molar-refractivity contribution in [1.29, 1.82) is 0 Å². The van der Waals surface area contributed by atoms with Gasteiger partial charge >= 0.3 is 7.12 Å². The van der Waals surface area contributed by atoms with E-state index in [1.165, 1.54) is 6.08 Å². The lowest BCUT2D eigenvalue weighted by Gasteiger charge is -2.15. The number of nitrogens with zero attached hydrogens (tertiary/aromatic N) is 1. The zero-order chi connectivity index (χ0) is 14.4. The zero-order valence-electron chi connectivity index (χ0n) is 11.4. The Kier molecular flexibility index (Phi) is 5.75. The van der Waals surface area contributed by atoms with E-state index in [0.29, 0.717) is 17.7 Å². The van der Waals surface area contributed by atoms with E-state index in [-0.39, 0.29) is 5.91 Å². The van der Waals surface area contributed by atoms with Crippen LogP contribution in [0, 0.1) is 0 Å². The first kappa shape index (κ1) is 15.4. The quantitative estimate of drug-likeness (QED) is 0.513. The van der Waals surface area contributed by atoms with Crippen molar-refractivity contribution in [2.75, 3.05) is 19.4 Å². The molecule has 0 aliphatic heterocycles. The molecule has 0 spiro atoms. The molecule has 1 aromatic carbocycles. The third-order valence-corrected chi connectivity index (χ3v) is 2.49. The number of hydrogen-bond acceptors (Lipinski definition) is 4. The number of anilines is 1. The Hall–Kier alpha value is -1.63. The maximum absolute atomic E-state index is 11.5. The van der Waals surface area contributed by atoms with Gasteiger partial charge in [0.25, 0.3) is 0 Å². The maximum atomic E-state index is 11.5. The number of benzene rings is 1. The van der Waals surface area contributed by atoms with Crippen LogP contribution in [0.3, 0.4) is 0 Å². The summed E-state index contributed by atoms with van der Waals surface area (Å²) in [6.07, 6.45) is 3.09. The van der Waals surface area contributed by atoms with Crippen molar-refractivity contribution in [1.82, 2.24) is 4.90 Å². The first-order chi connectivity index (χ1) is 8.93. The predicted molar refractivity (Wildman–Crippen MR) is 77.1 cm³/mol. The van der Waals surface area contributed by atoms with Crippen LogP contribution < -0.4 is 10.8 Å². The number of rotatable bonds is 5. The topological polar surface area (TPSA) is 72.8 Å². The number of nitrogens with one attached hydrogen (secondary N) is 1. The first-order valence-electron chi connectivity index (χ1n) is 6.01. The van der Waals surface area contributed by atoms with Crippen LogP contribution in [0.1, 0.15) is 12.5 Å². The fourth-order valence-electron chi connectivity index (χ4n) is 1.75. The Morgan fingerprint density at radius 3 is 2.63 bits per heavy atom. The minimum atomic E-state index is -1.52. The molecule has 0 saturated heterocycles. The molecule has 3 N–H and O–H groups in total. The van der Waals surface area contributed by atoms with Crippen LogP contribution in [0.15, 0.2) is 30.4 Å². The van der Waals surface area contributed by atoms with E-state index in [2.05, 4.69) is 5.32 Å². The van der Waals surface area contributed by atoms with Crippen LogP contribution in [-0.2, 0) is 11.3 Å². The van der Waals surface area contributed by atoms with Crippen molar-refractivity contribution in [2.24, 2.45) is 0 Å². The van der Waals surface area contributed by atoms with Crippen LogP contribution in [0.25, 0.3) is 0 Å². The molecule has 0 heterocycles. The third-order valence-electron chi connectivity index (χ3n) is 2.49. The fraction of sp³-hybridized carbons (Fsp3) is 0.308. The van der Waals surface area contributed by atoms with Gasteiger partial charge in [-0.05, 0) is 50.3 Å². The summed E-state index contributed by atoms with van der Waals surface area (Å²) >= 11 is 0. The summed E-state index contributed by atoms with van der Waals surface area (Å²) in [4.78, 5) is 13.4. The molecule has 1 amide bonds. The van der Waals surface area contributed by atoms with Crippen LogP contribution in [-0.4, -0.2) is 42.1 Å². The molecule has 0 saturated carbocycles. The molecule has 0 radical (unpaired) electrons. The van der Waals surface area contributed by atoms with Gasteiger partial charge in [-0.1, -0.05) is 12.1 Å². The van der Waals surface area contributed by atoms with E-state index in [0.717, 1.165) is 5.56 Å². The van der Waals surface area contributed by atoms with E-state index in [1.807, 2.05) is 19.0 Å². The second kappa shape index (κ2) is 7.08. The molecule has 102 valence electrons. The number of hydrogen-bond donors (Lipinski definition) is 3. The summed E-state index contributed by atoms with van der Waals surface area (Å²) in [7, 11) is 2.26. The molecule has 1 rings (SSSR count). The molecule has 0 atom stereocenters. The molecule has 19 heavy (non-hydrogen) atoms. The molecule has 6 heteroatoms. The number of carbonyl (C=O) groups is 1. The van der Waals surface area contributed by atoms with E-state index in [9.17, 15) is 14.8 Å². The monoisotopic (exact) mass is 262 g/mol. The molecule has 0 fully saturated rings. The van der Waals surface area contributed by atoms with E-state index < -0.39 is 7.12 Å². The average Bonchev–Trinajstić information content (AvgIpc) is 2.28. The van der Waals surface area contributed by atoms with Gasteiger partial charge in [-0.3, -0.25) is 4.79 Å². The van der Waals surface area contributed by atoms with Gasteiger partial charge in [-0.15, -0.1) is 0 Å². The molecule has 0 unspecified atom stereocenters. The van der Waals surface area contributed by atoms with Gasteiger partial charge in [0.05, 0.1) is 0 Å². The second-order valence-corrected chi connectivity index (χ2v) is 4.51. The maximum Gasteiger partial charge on any atom is 0.488 e. The first-order valence-corrected chi connectivity index (χ1v) is 6.01. The van der Waals surface area contributed by atoms with Crippen molar-refractivity contribution in [3.05, 3.63) is 35.9 Å². The van der Waals surface area contributed by atoms with Crippen molar-refractivity contribution in [3.8, 4) is 0 Å². The van der Waals surface area contributed by atoms with Crippen LogP contribution in [0.4, 0.5) is 5.69 Å². The molecule has 0 aliphatic rings. The summed E-state index contributed by atoms with van der Waals surface area (Å²) < 4.78 is 0. The van der Waals surface area contributed by atoms with E-state index in [4.69, 9.17) is 0 Å². The van der Waals surface area contributed by atoms with Crippen molar-refractivity contribution in [3.63, 3.8) is 0 Å². The number of amides is 1. The lowest BCUT2D eigenvalue weighted by atomic mass is 9.76. The molecule has 0 aromatic heterocycles. The highest BCUT2D eigenvalue weighted by molar-refractivity contribution is 6.59. The Balaban J connectivity index is 3.00. The van der Waals surface area contributed by atoms with Crippen molar-refractivity contribution >= 4 is 24.2 Å². The highest BCUT2D eigenvalue weighted by atomic mass is 16.4. The van der Waals surface area contributed by atoms with Gasteiger partial charge in [0.1, 0.15) is 0 Å². The summed E-state index contributed by atoms with van der Waals surface area (Å²) in [6.45, 7) is 2.32. The number of carbonyl (C=O) groups excluding carboxylic acids is 1. The van der Waals surface area contributed by atoms with E-state index >= 15 is 0 Å². The molecule has 1 aromatic rings. The molecular weight excluding hydrogens is 243 g/mol. The Morgan fingerprint density at radius 1 is 1.42 bits per heavy atom. The minimum Gasteiger partial charge on any atom is -0.423 e. The fourth-order valence-corrected chi connectivity index (χ4v) is 1.75. The largest absolute Gasteiger partial charge is 0.488 e. The van der Waals surface area contributed by atoms with Crippen LogP contribution in [0.5, 0.6) is 0 Å². The van der Waals surface area contributed by atoms with Gasteiger partial charge in [-0.2, -0.15) is 0 Å².